The Balaban J connectivity index is 0.000000528. The SMILES string of the molecule is CC.CC1=CC2CN(C1)C(=O)N2OC(F)C(=O)O.CNC(=O)OC(C)(C)C. The molecule has 156 valence electrons. The zero-order chi connectivity index (χ0) is 21.4. The van der Waals surface area contributed by atoms with Crippen LogP contribution in [-0.4, -0.2) is 71.3 Å². The minimum absolute atomic E-state index is 0.387. The number of amides is 3. The van der Waals surface area contributed by atoms with Gasteiger partial charge in [0.1, 0.15) is 5.60 Å². The number of carboxylic acids is 1. The molecule has 1 fully saturated rings. The minimum atomic E-state index is -2.52. The van der Waals surface area contributed by atoms with E-state index in [0.717, 1.165) is 10.6 Å². The predicted molar refractivity (Wildman–Crippen MR) is 96.6 cm³/mol. The van der Waals surface area contributed by atoms with Crippen LogP contribution in [0.3, 0.4) is 0 Å². The first-order valence-corrected chi connectivity index (χ1v) is 8.64. The number of fused-ring (bicyclic) bond motifs is 2. The summed E-state index contributed by atoms with van der Waals surface area (Å²) in [6.07, 6.45) is -1.13. The number of carbonyl (C=O) groups is 3. The second-order valence-electron chi connectivity index (χ2n) is 6.58. The van der Waals surface area contributed by atoms with Crippen LogP contribution < -0.4 is 5.32 Å². The maximum atomic E-state index is 12.9. The van der Waals surface area contributed by atoms with Crippen LogP contribution in [0.25, 0.3) is 0 Å². The highest BCUT2D eigenvalue weighted by Crippen LogP contribution is 2.25. The van der Waals surface area contributed by atoms with Gasteiger partial charge in [-0.3, -0.25) is 0 Å². The van der Waals surface area contributed by atoms with Gasteiger partial charge in [0.15, 0.2) is 0 Å². The average molecular weight is 391 g/mol. The summed E-state index contributed by atoms with van der Waals surface area (Å²) in [7, 11) is 1.54. The number of urea groups is 1. The van der Waals surface area contributed by atoms with Gasteiger partial charge in [0.05, 0.1) is 6.04 Å². The van der Waals surface area contributed by atoms with Crippen LogP contribution in [0.1, 0.15) is 41.5 Å². The molecular formula is C17H30FN3O6. The van der Waals surface area contributed by atoms with Gasteiger partial charge in [-0.25, -0.2) is 23.6 Å². The zero-order valence-corrected chi connectivity index (χ0v) is 16.9. The number of halogens is 1. The quantitative estimate of drug-likeness (QED) is 0.716. The molecule has 0 aromatic rings. The van der Waals surface area contributed by atoms with E-state index in [1.807, 2.05) is 41.5 Å². The fourth-order valence-corrected chi connectivity index (χ4v) is 2.19. The highest BCUT2D eigenvalue weighted by atomic mass is 19.1. The van der Waals surface area contributed by atoms with Crippen LogP contribution in [0.2, 0.25) is 0 Å². The van der Waals surface area contributed by atoms with Crippen LogP contribution in [0.4, 0.5) is 14.0 Å². The Morgan fingerprint density at radius 1 is 1.37 bits per heavy atom. The summed E-state index contributed by atoms with van der Waals surface area (Å²) < 4.78 is 17.7. The van der Waals surface area contributed by atoms with Crippen molar-refractivity contribution in [2.45, 2.75) is 59.5 Å². The number of carboxylic acid groups (broad SMARTS) is 1. The molecule has 1 saturated heterocycles. The van der Waals surface area contributed by atoms with Gasteiger partial charge in [-0.15, -0.1) is 0 Å². The Labute approximate surface area is 159 Å². The van der Waals surface area contributed by atoms with Gasteiger partial charge in [-0.1, -0.05) is 25.5 Å². The van der Waals surface area contributed by atoms with Gasteiger partial charge in [-0.2, -0.15) is 5.06 Å². The lowest BCUT2D eigenvalue weighted by molar-refractivity contribution is -0.219. The molecule has 0 radical (unpaired) electrons. The third-order valence-electron chi connectivity index (χ3n) is 3.09. The van der Waals surface area contributed by atoms with Gasteiger partial charge in [0, 0.05) is 20.1 Å². The highest BCUT2D eigenvalue weighted by molar-refractivity contribution is 5.78. The highest BCUT2D eigenvalue weighted by Gasteiger charge is 2.42. The molecule has 0 saturated carbocycles. The van der Waals surface area contributed by atoms with E-state index < -0.39 is 24.4 Å². The van der Waals surface area contributed by atoms with Crippen molar-refractivity contribution in [2.75, 3.05) is 20.1 Å². The summed E-state index contributed by atoms with van der Waals surface area (Å²) in [5, 5.41) is 11.5. The maximum Gasteiger partial charge on any atom is 0.407 e. The number of carbonyl (C=O) groups excluding carboxylic acids is 2. The van der Waals surface area contributed by atoms with Crippen LogP contribution in [-0.2, 0) is 14.4 Å². The molecule has 2 unspecified atom stereocenters. The first-order valence-electron chi connectivity index (χ1n) is 8.64. The smallest absolute Gasteiger partial charge is 0.407 e. The number of rotatable bonds is 3. The van der Waals surface area contributed by atoms with E-state index in [1.165, 1.54) is 11.9 Å². The molecule has 0 aromatic heterocycles. The molecule has 2 aliphatic heterocycles. The Morgan fingerprint density at radius 2 is 1.93 bits per heavy atom. The standard InChI is InChI=1S/C9H11FN2O4.C6H13NO2.C2H6/c1-5-2-6-4-11(3-5)9(15)12(6)16-7(10)8(13)14;1-6(2,3)9-5(8)7-4;1-2/h2,6-7H,3-4H2,1H3,(H,13,14);1-4H3,(H,7,8);1-2H3. The molecule has 2 rings (SSSR count). The Morgan fingerprint density at radius 3 is 2.33 bits per heavy atom. The molecule has 0 spiro atoms. The summed E-state index contributed by atoms with van der Waals surface area (Å²) in [4.78, 5) is 38.4. The maximum absolute atomic E-state index is 12.9. The molecule has 9 nitrogen and oxygen atoms in total. The monoisotopic (exact) mass is 391 g/mol. The van der Waals surface area contributed by atoms with Crippen molar-refractivity contribution in [3.05, 3.63) is 11.6 Å². The molecule has 2 aliphatic rings. The van der Waals surface area contributed by atoms with Crippen molar-refractivity contribution in [2.24, 2.45) is 0 Å². The zero-order valence-electron chi connectivity index (χ0n) is 16.9. The third-order valence-corrected chi connectivity index (χ3v) is 3.09. The second-order valence-corrected chi connectivity index (χ2v) is 6.58. The molecule has 2 atom stereocenters. The fraction of sp³-hybridized carbons (Fsp3) is 0.706. The van der Waals surface area contributed by atoms with Crippen molar-refractivity contribution >= 4 is 18.1 Å². The molecule has 2 heterocycles. The number of ether oxygens (including phenoxy) is 1. The van der Waals surface area contributed by atoms with E-state index in [-0.39, 0.29) is 11.7 Å². The van der Waals surface area contributed by atoms with Gasteiger partial charge in [-0.05, 0) is 27.7 Å². The molecule has 3 amide bonds. The Bertz CT molecular complexity index is 561. The molecule has 2 bridgehead atoms. The summed E-state index contributed by atoms with van der Waals surface area (Å²) in [6, 6.07) is -0.902. The number of alkyl carbamates (subject to hydrolysis) is 1. The molecule has 0 aromatic carbocycles. The van der Waals surface area contributed by atoms with Crippen molar-refractivity contribution in [1.29, 1.82) is 0 Å². The number of nitrogens with zero attached hydrogens (tertiary/aromatic N) is 2. The van der Waals surface area contributed by atoms with E-state index >= 15 is 0 Å². The van der Waals surface area contributed by atoms with Crippen LogP contribution in [0, 0.1) is 0 Å². The number of hydrogen-bond acceptors (Lipinski definition) is 5. The van der Waals surface area contributed by atoms with E-state index in [2.05, 4.69) is 10.2 Å². The van der Waals surface area contributed by atoms with Gasteiger partial charge < -0.3 is 20.1 Å². The van der Waals surface area contributed by atoms with Crippen molar-refractivity contribution in [1.82, 2.24) is 15.3 Å². The normalized spacial score (nSPS) is 19.0. The van der Waals surface area contributed by atoms with Crippen molar-refractivity contribution < 1.29 is 33.5 Å². The number of hydrogen-bond donors (Lipinski definition) is 2. The first-order chi connectivity index (χ1) is 12.4. The molecule has 2 N–H and O–H groups in total. The summed E-state index contributed by atoms with van der Waals surface area (Å²) in [5.74, 6) is -1.75. The van der Waals surface area contributed by atoms with Gasteiger partial charge in [0.2, 0.25) is 0 Å². The lowest BCUT2D eigenvalue weighted by Gasteiger charge is -2.20. The lowest BCUT2D eigenvalue weighted by atomic mass is 10.1. The van der Waals surface area contributed by atoms with Crippen LogP contribution in [0.5, 0.6) is 0 Å². The minimum Gasteiger partial charge on any atom is -0.477 e. The Kier molecular flexibility index (Phi) is 9.77. The first kappa shape index (κ1) is 24.6. The number of hydroxylamine groups is 2. The van der Waals surface area contributed by atoms with Crippen LogP contribution in [0.15, 0.2) is 11.6 Å². The second kappa shape index (κ2) is 10.7. The topological polar surface area (TPSA) is 108 Å². The number of alkyl halides is 1. The van der Waals surface area contributed by atoms with Gasteiger partial charge in [0.25, 0.3) is 0 Å². The van der Waals surface area contributed by atoms with Gasteiger partial charge >= 0.3 is 24.5 Å². The summed E-state index contributed by atoms with van der Waals surface area (Å²) in [5.41, 5.74) is 0.585. The van der Waals surface area contributed by atoms with Crippen molar-refractivity contribution in [3.8, 4) is 0 Å². The predicted octanol–water partition coefficient (Wildman–Crippen LogP) is 2.53. The largest absolute Gasteiger partial charge is 0.477 e. The summed E-state index contributed by atoms with van der Waals surface area (Å²) in [6.45, 7) is 12.2. The van der Waals surface area contributed by atoms with E-state index in [4.69, 9.17) is 9.84 Å². The number of nitrogens with one attached hydrogen (secondary N) is 1. The lowest BCUT2D eigenvalue weighted by Crippen LogP contribution is -2.38. The van der Waals surface area contributed by atoms with E-state index in [1.54, 1.807) is 6.08 Å². The van der Waals surface area contributed by atoms with Crippen LogP contribution >= 0.6 is 0 Å². The van der Waals surface area contributed by atoms with Crippen molar-refractivity contribution in [3.63, 3.8) is 0 Å². The van der Waals surface area contributed by atoms with E-state index in [9.17, 15) is 18.8 Å². The average Bonchev–Trinajstić information content (AvgIpc) is 2.79. The third kappa shape index (κ3) is 8.25. The molecule has 0 aliphatic carbocycles. The number of aliphatic carboxylic acids is 1. The fourth-order valence-electron chi connectivity index (χ4n) is 2.19. The van der Waals surface area contributed by atoms with E-state index in [0.29, 0.717) is 13.1 Å². The molecule has 27 heavy (non-hydrogen) atoms. The summed E-state index contributed by atoms with van der Waals surface area (Å²) >= 11 is 0. The molecule has 10 heteroatoms. The Hall–Kier alpha value is -2.36. The molecular weight excluding hydrogens is 361 g/mol.